The van der Waals surface area contributed by atoms with Gasteiger partial charge in [0, 0.05) is 55.0 Å². The highest BCUT2D eigenvalue weighted by Crippen LogP contribution is 2.68. The van der Waals surface area contributed by atoms with E-state index in [4.69, 9.17) is 66.4 Å². The van der Waals surface area contributed by atoms with E-state index in [0.29, 0.717) is 22.2 Å². The van der Waals surface area contributed by atoms with E-state index in [0.717, 1.165) is 42.2 Å². The van der Waals surface area contributed by atoms with Crippen molar-refractivity contribution in [1.29, 1.82) is 15.8 Å². The molecule has 3 unspecified atom stereocenters. The molecule has 662 valence electrons. The molecule has 3 aliphatic carbocycles. The highest BCUT2D eigenvalue weighted by molar-refractivity contribution is 9.10. The Bertz CT molecular complexity index is 7360. The minimum Gasteiger partial charge on any atom is -0.423 e. The van der Waals surface area contributed by atoms with Crippen LogP contribution in [0.3, 0.4) is 0 Å². The molecule has 11 nitrogen and oxygen atoms in total. The Kier molecular flexibility index (Phi) is 23.6. The summed E-state index contributed by atoms with van der Waals surface area (Å²) in [6, 6.07) is 120. The van der Waals surface area contributed by atoms with Crippen LogP contribution in [0.4, 0.5) is 0 Å². The van der Waals surface area contributed by atoms with E-state index < -0.39 is 50.3 Å². The number of hydrogen-bond donors (Lipinski definition) is 2. The Morgan fingerprint density at radius 1 is 0.289 bits per heavy atom. The molecular weight excluding hydrogens is 1830 g/mol. The quantitative estimate of drug-likeness (QED) is 0.156. The highest BCUT2D eigenvalue weighted by Gasteiger charge is 2.65. The molecule has 21 heteroatoms. The van der Waals surface area contributed by atoms with Crippen LogP contribution in [0.15, 0.2) is 361 Å². The lowest BCUT2D eigenvalue weighted by Crippen LogP contribution is -2.41. The zero-order valence-corrected chi connectivity index (χ0v) is 82.1. The topological polar surface area (TPSA) is 167 Å². The zero-order valence-electron chi connectivity index (χ0n) is 76.5. The Morgan fingerprint density at radius 3 is 0.933 bits per heavy atom. The molecule has 9 aliphatic rings. The Balaban J connectivity index is 0.000000111. The minimum absolute atomic E-state index is 0.349. The third-order valence-electron chi connectivity index (χ3n) is 29.1. The van der Waals surface area contributed by atoms with Crippen LogP contribution in [0.5, 0.6) is 0 Å². The van der Waals surface area contributed by atoms with Gasteiger partial charge in [-0.3, -0.25) is 0 Å². The first-order valence-corrected chi connectivity index (χ1v) is 49.2. The minimum atomic E-state index is -1.46. The molecule has 135 heavy (non-hydrogen) atoms. The largest absolute Gasteiger partial charge is 0.495 e. The second-order valence-corrected chi connectivity index (χ2v) is 42.9. The molecule has 2 N–H and O–H groups in total. The summed E-state index contributed by atoms with van der Waals surface area (Å²) in [5, 5.41) is 46.0. The first kappa shape index (κ1) is 91.6. The summed E-state index contributed by atoms with van der Waals surface area (Å²) in [5.74, 6) is 0. The van der Waals surface area contributed by atoms with Crippen molar-refractivity contribution in [1.82, 2.24) is 0 Å². The molecule has 6 heterocycles. The number of nitrogens with zero attached hydrogens (tertiary/aromatic N) is 3. The fraction of sp³-hybridized carbons (Fsp3) is 0.184. The number of hydrogen-bond acceptors (Lipinski definition) is 14. The van der Waals surface area contributed by atoms with E-state index in [2.05, 4.69) is 323 Å². The van der Waals surface area contributed by atoms with Crippen LogP contribution >= 0.6 is 74.4 Å². The summed E-state index contributed by atoms with van der Waals surface area (Å²) in [5.41, 5.74) is 26.8. The van der Waals surface area contributed by atoms with Gasteiger partial charge in [-0.05, 0) is 294 Å². The van der Waals surface area contributed by atoms with Crippen LogP contribution in [0, 0.1) is 34.0 Å². The van der Waals surface area contributed by atoms with E-state index in [1.807, 2.05) is 133 Å². The maximum Gasteiger partial charge on any atom is 0.495 e. The molecule has 0 amide bonds. The summed E-state index contributed by atoms with van der Waals surface area (Å²) >= 11 is 23.0. The Hall–Kier alpha value is -11.2. The molecule has 3 atom stereocenters. The lowest BCUT2D eigenvalue weighted by Gasteiger charge is -2.40. The van der Waals surface area contributed by atoms with Gasteiger partial charge in [0.2, 0.25) is 0 Å². The van der Waals surface area contributed by atoms with Gasteiger partial charge in [0.1, 0.15) is 0 Å². The highest BCUT2D eigenvalue weighted by atomic mass is 79.9. The van der Waals surface area contributed by atoms with Crippen LogP contribution in [0.25, 0.3) is 55.6 Å². The van der Waals surface area contributed by atoms with E-state index in [-0.39, 0.29) is 27.8 Å². The average Bonchev–Trinajstić information content (AvgIpc) is 1.55. The van der Waals surface area contributed by atoms with Gasteiger partial charge in [-0.15, -0.1) is 0 Å². The molecule has 15 aromatic carbocycles. The standard InChI is InChI=1S/C38H30BNO2S.C32H18ClNS.C25H14BrClS.C12H24B2O4.C7H6BNO2/c1-36(2)37(3,4)42-39(41-36)32-17-10-15-30-34(32)27-11-5-6-13-28(27)38(30)29-14-7-8-18-33(29)43-35-26(12-9-16-31(35)38)25-21-19-24(23-40)20-22-25;33-28-13-6-11-26-30(28)23-7-1-2-9-24(23)32(26)25-10-3-4-14-29(25)35-31-22(8-5-12-27(31)32)21-17-15-20(19-34)16-18-21;26-20-12-5-11-19-24(20)28-22-14-4-3-9-17(22)25(19)16-8-2-1-7-15(16)23-18(25)10-6-13-21(23)27;1-9(2)10(3,4)16-13(15-9)14-17-11(5,6)12(7,8)18-14;9-5-6-1-3-7(4-2-6)8(10)11/h5-22H,1-4H3;1-18H;1-14H;1-8H3;1-4,10-11H. The summed E-state index contributed by atoms with van der Waals surface area (Å²) < 4.78 is 38.3. The Morgan fingerprint density at radius 2 is 0.563 bits per heavy atom. The molecule has 3 spiro atoms. The van der Waals surface area contributed by atoms with Crippen LogP contribution in [0.1, 0.15) is 167 Å². The summed E-state index contributed by atoms with van der Waals surface area (Å²) in [6.45, 7) is 24.7. The number of benzene rings is 15. The van der Waals surface area contributed by atoms with Crippen molar-refractivity contribution in [2.75, 3.05) is 0 Å². The third kappa shape index (κ3) is 14.8. The lowest BCUT2D eigenvalue weighted by molar-refractivity contribution is 0.00578. The first-order valence-electron chi connectivity index (χ1n) is 45.2. The SMILES string of the molecule is CC1(C)OB(B2OC(C)(C)C(C)(C)O2)OC1(C)C.CC1(C)OB(c2cccc3c2-c2ccccc2C32c3ccccc3Sc3c(-c4ccc(C#N)cc4)cccc32)OC1(C)C.Clc1cccc2c1-c1ccccc1C21c2ccccc2Sc2c(Br)cccc21.N#Cc1ccc(-c2cccc3c2Sc2ccccc2C32c3ccccc3-c3c(Cl)cccc32)cc1.N#Cc1ccc(B(O)O)cc1. The number of fused-ring (bicyclic) bond motifs is 27. The van der Waals surface area contributed by atoms with Crippen molar-refractivity contribution in [2.24, 2.45) is 0 Å². The van der Waals surface area contributed by atoms with E-state index >= 15 is 0 Å². The predicted octanol–water partition coefficient (Wildman–Crippen LogP) is 26.5. The lowest BCUT2D eigenvalue weighted by atomic mass is 9.49. The van der Waals surface area contributed by atoms with Crippen molar-refractivity contribution < 1.29 is 38.0 Å². The molecule has 3 fully saturated rings. The van der Waals surface area contributed by atoms with Crippen molar-refractivity contribution in [3.05, 3.63) is 426 Å². The zero-order chi connectivity index (χ0) is 94.3. The van der Waals surface area contributed by atoms with Gasteiger partial charge in [-0.2, -0.15) is 15.8 Å². The summed E-state index contributed by atoms with van der Waals surface area (Å²) in [6.07, 6.45) is 0. The second kappa shape index (κ2) is 34.8. The number of rotatable bonds is 5. The van der Waals surface area contributed by atoms with E-state index in [1.54, 1.807) is 0 Å². The van der Waals surface area contributed by atoms with Crippen molar-refractivity contribution in [3.8, 4) is 73.8 Å². The molecule has 24 rings (SSSR count). The average molecular weight is 1920 g/mol. The molecule has 0 bridgehead atoms. The monoisotopic (exact) mass is 1920 g/mol. The molecule has 0 saturated carbocycles. The van der Waals surface area contributed by atoms with Crippen LogP contribution in [-0.2, 0) is 44.2 Å². The number of halogens is 3. The summed E-state index contributed by atoms with van der Waals surface area (Å²) in [4.78, 5) is 7.57. The third-order valence-corrected chi connectivity index (χ3v) is 34.3. The summed E-state index contributed by atoms with van der Waals surface area (Å²) in [7, 11) is -2.88. The molecular formula is C114H92B4BrCl2N3O8S3. The van der Waals surface area contributed by atoms with Crippen molar-refractivity contribution in [2.45, 2.75) is 162 Å². The van der Waals surface area contributed by atoms with Crippen molar-refractivity contribution >= 4 is 114 Å². The van der Waals surface area contributed by atoms with Crippen molar-refractivity contribution in [3.63, 3.8) is 0 Å². The first-order chi connectivity index (χ1) is 64.8. The molecule has 3 saturated heterocycles. The van der Waals surface area contributed by atoms with Gasteiger partial charge in [-0.1, -0.05) is 313 Å². The van der Waals surface area contributed by atoms with Gasteiger partial charge in [0.25, 0.3) is 0 Å². The van der Waals surface area contributed by atoms with E-state index in [1.165, 1.54) is 154 Å². The molecule has 15 aromatic rings. The fourth-order valence-electron chi connectivity index (χ4n) is 20.6. The van der Waals surface area contributed by atoms with Gasteiger partial charge in [0.15, 0.2) is 0 Å². The fourth-order valence-corrected chi connectivity index (χ4v) is 25.6. The maximum absolute atomic E-state index is 9.41. The molecule has 0 radical (unpaired) electrons. The Labute approximate surface area is 822 Å². The van der Waals surface area contributed by atoms with Crippen LogP contribution < -0.4 is 10.9 Å². The predicted molar refractivity (Wildman–Crippen MR) is 550 cm³/mol. The van der Waals surface area contributed by atoms with Crippen LogP contribution in [0.2, 0.25) is 10.0 Å². The maximum atomic E-state index is 9.41. The smallest absolute Gasteiger partial charge is 0.423 e. The molecule has 0 aromatic heterocycles. The van der Waals surface area contributed by atoms with E-state index in [9.17, 15) is 10.5 Å². The normalized spacial score (nSPS) is 19.6. The van der Waals surface area contributed by atoms with Gasteiger partial charge in [-0.25, -0.2) is 0 Å². The van der Waals surface area contributed by atoms with Crippen LogP contribution in [-0.4, -0.2) is 71.9 Å². The van der Waals surface area contributed by atoms with Gasteiger partial charge in [0.05, 0.1) is 84.7 Å². The molecule has 6 aliphatic heterocycles. The second-order valence-electron chi connectivity index (χ2n) is 38.1. The van der Waals surface area contributed by atoms with Gasteiger partial charge >= 0.3 is 28.3 Å². The number of nitriles is 3. The van der Waals surface area contributed by atoms with Gasteiger partial charge < -0.3 is 38.0 Å².